The van der Waals surface area contributed by atoms with Crippen molar-refractivity contribution in [2.45, 2.75) is 30.3 Å². The van der Waals surface area contributed by atoms with Gasteiger partial charge in [-0.25, -0.2) is 13.2 Å². The first-order valence-corrected chi connectivity index (χ1v) is 15.6. The number of sulfone groups is 1. The van der Waals surface area contributed by atoms with Gasteiger partial charge in [0.15, 0.2) is 9.84 Å². The van der Waals surface area contributed by atoms with Crippen LogP contribution in [0, 0.1) is 0 Å². The monoisotopic (exact) mass is 648 g/mol. The summed E-state index contributed by atoms with van der Waals surface area (Å²) in [5.74, 6) is -2.34. The fourth-order valence-electron chi connectivity index (χ4n) is 4.93. The van der Waals surface area contributed by atoms with Crippen molar-refractivity contribution in [3.05, 3.63) is 97.7 Å². The maximum absolute atomic E-state index is 13.3. The summed E-state index contributed by atoms with van der Waals surface area (Å²) in [4.78, 5) is 40.0. The fourth-order valence-corrected chi connectivity index (χ4v) is 7.02. The number of fused-ring (bicyclic) bond motifs is 2. The molecule has 218 valence electrons. The fraction of sp³-hybridized carbons (Fsp3) is 0.207. The first-order chi connectivity index (χ1) is 19.8. The van der Waals surface area contributed by atoms with Crippen LogP contribution in [0.15, 0.2) is 64.1 Å². The van der Waals surface area contributed by atoms with E-state index in [2.05, 4.69) is 5.32 Å². The van der Waals surface area contributed by atoms with Crippen molar-refractivity contribution in [2.75, 3.05) is 12.8 Å². The van der Waals surface area contributed by atoms with Crippen LogP contribution in [-0.4, -0.2) is 55.1 Å². The second kappa shape index (κ2) is 11.6. The average Bonchev–Trinajstić information content (AvgIpc) is 3.40. The summed E-state index contributed by atoms with van der Waals surface area (Å²) >= 11 is 19.1. The second-order valence-corrected chi connectivity index (χ2v) is 13.1. The van der Waals surface area contributed by atoms with Gasteiger partial charge in [-0.1, -0.05) is 46.9 Å². The van der Waals surface area contributed by atoms with Crippen LogP contribution in [0.1, 0.15) is 37.4 Å². The van der Waals surface area contributed by atoms with E-state index in [4.69, 9.17) is 39.2 Å². The number of carboxylic acid groups (broad SMARTS) is 1. The lowest BCUT2D eigenvalue weighted by molar-refractivity contribution is -0.139. The molecule has 1 aromatic heterocycles. The molecule has 5 rings (SSSR count). The van der Waals surface area contributed by atoms with Gasteiger partial charge in [0, 0.05) is 36.7 Å². The molecule has 42 heavy (non-hydrogen) atoms. The minimum absolute atomic E-state index is 0.00227. The lowest BCUT2D eigenvalue weighted by atomic mass is 9.95. The molecule has 0 aliphatic carbocycles. The number of hydrogen-bond acceptors (Lipinski definition) is 6. The largest absolute Gasteiger partial charge is 0.480 e. The van der Waals surface area contributed by atoms with E-state index in [0.717, 1.165) is 11.6 Å². The molecule has 0 radical (unpaired) electrons. The topological polar surface area (TPSA) is 134 Å². The number of aliphatic carboxylic acids is 1. The molecule has 1 aliphatic heterocycles. The van der Waals surface area contributed by atoms with Crippen LogP contribution < -0.4 is 5.32 Å². The smallest absolute Gasteiger partial charge is 0.326 e. The Bertz CT molecular complexity index is 1870. The highest BCUT2D eigenvalue weighted by atomic mass is 35.5. The highest BCUT2D eigenvalue weighted by Gasteiger charge is 2.30. The Morgan fingerprint density at radius 3 is 2.52 bits per heavy atom. The molecule has 2 N–H and O–H groups in total. The Morgan fingerprint density at radius 2 is 1.81 bits per heavy atom. The van der Waals surface area contributed by atoms with Gasteiger partial charge in [0.1, 0.15) is 11.6 Å². The molecule has 0 bridgehead atoms. The highest BCUT2D eigenvalue weighted by Crippen LogP contribution is 2.35. The number of carboxylic acids is 1. The predicted octanol–water partition coefficient (Wildman–Crippen LogP) is 5.42. The SMILES string of the molecule is CS(=O)(=O)c1cc(C[C@H](NC(=O)c2c(Cl)cc3c(c2Cl)CCN(C(=O)c2ccc4ccoc4c2)C3)C(=O)O)ccc1Cl. The van der Waals surface area contributed by atoms with Gasteiger partial charge >= 0.3 is 5.97 Å². The van der Waals surface area contributed by atoms with E-state index in [1.807, 2.05) is 12.1 Å². The highest BCUT2D eigenvalue weighted by molar-refractivity contribution is 7.90. The van der Waals surface area contributed by atoms with Crippen molar-refractivity contribution in [3.8, 4) is 0 Å². The molecular weight excluding hydrogens is 627 g/mol. The lowest BCUT2D eigenvalue weighted by Gasteiger charge is -2.30. The zero-order valence-corrected chi connectivity index (χ0v) is 25.1. The van der Waals surface area contributed by atoms with Crippen LogP contribution in [0.2, 0.25) is 15.1 Å². The first kappa shape index (κ1) is 29.9. The first-order valence-electron chi connectivity index (χ1n) is 12.6. The molecule has 2 heterocycles. The van der Waals surface area contributed by atoms with Crippen LogP contribution in [0.4, 0.5) is 0 Å². The quantitative estimate of drug-likeness (QED) is 0.273. The normalized spacial score (nSPS) is 14.0. The molecule has 2 amide bonds. The standard InChI is InChI=1S/C29H23Cl3N2O7S/c1-42(39,40)24-11-15(2-5-20(24)30)10-22(29(37)38)33-27(35)25-21(31)12-18-14-34(8-6-19(18)26(25)32)28(36)17-4-3-16-7-9-41-23(16)13-17/h2-5,7,9,11-13,22H,6,8,10,14H2,1H3,(H,33,35)(H,37,38)/t22-/m0/s1. The van der Waals surface area contributed by atoms with Crippen molar-refractivity contribution in [3.63, 3.8) is 0 Å². The summed E-state index contributed by atoms with van der Waals surface area (Å²) in [7, 11) is -3.66. The Balaban J connectivity index is 1.35. The zero-order chi connectivity index (χ0) is 30.3. The Kier molecular flexibility index (Phi) is 8.26. The summed E-state index contributed by atoms with van der Waals surface area (Å²) in [6, 6.07) is 11.3. The summed E-state index contributed by atoms with van der Waals surface area (Å²) in [5.41, 5.74) is 2.64. The maximum Gasteiger partial charge on any atom is 0.326 e. The van der Waals surface area contributed by atoms with Crippen LogP contribution in [0.25, 0.3) is 11.0 Å². The Hall–Kier alpha value is -3.57. The third-order valence-electron chi connectivity index (χ3n) is 7.06. The molecular formula is C29H23Cl3N2O7S. The van der Waals surface area contributed by atoms with Crippen molar-refractivity contribution < 1.29 is 32.3 Å². The maximum atomic E-state index is 13.3. The van der Waals surface area contributed by atoms with E-state index in [1.54, 1.807) is 29.4 Å². The second-order valence-electron chi connectivity index (χ2n) is 9.94. The van der Waals surface area contributed by atoms with Gasteiger partial charge in [0.2, 0.25) is 0 Å². The number of benzene rings is 3. The van der Waals surface area contributed by atoms with Gasteiger partial charge < -0.3 is 19.7 Å². The number of rotatable bonds is 7. The number of hydrogen-bond donors (Lipinski definition) is 2. The zero-order valence-electron chi connectivity index (χ0n) is 22.0. The van der Waals surface area contributed by atoms with Gasteiger partial charge in [-0.2, -0.15) is 0 Å². The minimum Gasteiger partial charge on any atom is -0.480 e. The van der Waals surface area contributed by atoms with Gasteiger partial charge in [0.25, 0.3) is 11.8 Å². The molecule has 0 saturated carbocycles. The summed E-state index contributed by atoms with van der Waals surface area (Å²) < 4.78 is 29.5. The van der Waals surface area contributed by atoms with Gasteiger partial charge in [0.05, 0.1) is 31.8 Å². The molecule has 3 aromatic carbocycles. The molecule has 13 heteroatoms. The van der Waals surface area contributed by atoms with Crippen molar-refractivity contribution in [1.29, 1.82) is 0 Å². The third kappa shape index (κ3) is 5.98. The minimum atomic E-state index is -3.66. The van der Waals surface area contributed by atoms with E-state index in [0.29, 0.717) is 40.8 Å². The van der Waals surface area contributed by atoms with Crippen molar-refractivity contribution in [2.24, 2.45) is 0 Å². The number of furan rings is 1. The number of amides is 2. The van der Waals surface area contributed by atoms with Crippen LogP contribution in [0.5, 0.6) is 0 Å². The van der Waals surface area contributed by atoms with Crippen molar-refractivity contribution in [1.82, 2.24) is 10.2 Å². The number of halogens is 3. The van der Waals surface area contributed by atoms with Crippen LogP contribution in [0.3, 0.4) is 0 Å². The summed E-state index contributed by atoms with van der Waals surface area (Å²) in [5, 5.41) is 13.2. The average molecular weight is 650 g/mol. The Morgan fingerprint density at radius 1 is 1.05 bits per heavy atom. The van der Waals surface area contributed by atoms with Gasteiger partial charge in [-0.15, -0.1) is 0 Å². The third-order valence-corrected chi connectivity index (χ3v) is 9.35. The van der Waals surface area contributed by atoms with Gasteiger partial charge in [-0.05, 0) is 59.5 Å². The number of nitrogens with zero attached hydrogens (tertiary/aromatic N) is 1. The number of carbonyl (C=O) groups excluding carboxylic acids is 2. The van der Waals surface area contributed by atoms with Gasteiger partial charge in [-0.3, -0.25) is 9.59 Å². The predicted molar refractivity (Wildman–Crippen MR) is 158 cm³/mol. The van der Waals surface area contributed by atoms with Crippen LogP contribution in [-0.2, 0) is 34.0 Å². The van der Waals surface area contributed by atoms with E-state index in [1.165, 1.54) is 18.2 Å². The molecule has 0 fully saturated rings. The van der Waals surface area contributed by atoms with E-state index < -0.39 is 27.8 Å². The van der Waals surface area contributed by atoms with E-state index in [-0.39, 0.29) is 44.4 Å². The molecule has 0 unspecified atom stereocenters. The molecule has 0 spiro atoms. The van der Waals surface area contributed by atoms with E-state index in [9.17, 15) is 27.9 Å². The summed E-state index contributed by atoms with van der Waals surface area (Å²) in [6.07, 6.45) is 2.67. The van der Waals surface area contributed by atoms with Crippen LogP contribution >= 0.6 is 34.8 Å². The lowest BCUT2D eigenvalue weighted by Crippen LogP contribution is -2.42. The van der Waals surface area contributed by atoms with Crippen molar-refractivity contribution >= 4 is 73.4 Å². The summed E-state index contributed by atoms with van der Waals surface area (Å²) in [6.45, 7) is 0.546. The molecule has 4 aromatic rings. The molecule has 1 aliphatic rings. The Labute approximate surface area is 255 Å². The van der Waals surface area contributed by atoms with E-state index >= 15 is 0 Å². The number of nitrogens with one attached hydrogen (secondary N) is 1. The molecule has 9 nitrogen and oxygen atoms in total. The number of carbonyl (C=O) groups is 3. The molecule has 0 saturated heterocycles. The molecule has 1 atom stereocenters.